The molecule has 1 aliphatic rings. The van der Waals surface area contributed by atoms with Crippen molar-refractivity contribution in [3.8, 4) is 0 Å². The average molecular weight is 459 g/mol. The first kappa shape index (κ1) is 22.7. The number of benzene rings is 2. The van der Waals surface area contributed by atoms with E-state index in [1.165, 1.54) is 17.2 Å². The van der Waals surface area contributed by atoms with Gasteiger partial charge in [-0.2, -0.15) is 13.2 Å². The van der Waals surface area contributed by atoms with Crippen molar-refractivity contribution >= 4 is 17.4 Å². The molecule has 0 saturated heterocycles. The summed E-state index contributed by atoms with van der Waals surface area (Å²) in [6.45, 7) is 0.434. The molecule has 0 radical (unpaired) electrons. The molecule has 2 N–H and O–H groups in total. The van der Waals surface area contributed by atoms with E-state index in [1.807, 2.05) is 6.07 Å². The first-order valence-corrected chi connectivity index (χ1v) is 10.4. The summed E-state index contributed by atoms with van der Waals surface area (Å²) in [5.74, 6) is -1.38. The standard InChI is InChI=1S/C24H21F4N3O2/c25-20-5-4-15(13-19(20)24(26,27)28)12-16-6-8-30-22(14-16)31(10-11-32)23(33)18-2-1-3-21-17(18)7-9-29-21/h1-6,8,13-14,29,32H,7,9-12H2. The van der Waals surface area contributed by atoms with Gasteiger partial charge in [-0.05, 0) is 65.9 Å². The van der Waals surface area contributed by atoms with Crippen molar-refractivity contribution in [1.29, 1.82) is 0 Å². The van der Waals surface area contributed by atoms with E-state index in [2.05, 4.69) is 10.3 Å². The third kappa shape index (κ3) is 4.83. The van der Waals surface area contributed by atoms with Crippen LogP contribution in [0.3, 0.4) is 0 Å². The molecule has 33 heavy (non-hydrogen) atoms. The number of hydrogen-bond acceptors (Lipinski definition) is 4. The van der Waals surface area contributed by atoms with Gasteiger partial charge in [0.15, 0.2) is 0 Å². The molecule has 9 heteroatoms. The van der Waals surface area contributed by atoms with Crippen molar-refractivity contribution in [2.45, 2.75) is 19.0 Å². The number of fused-ring (bicyclic) bond motifs is 1. The van der Waals surface area contributed by atoms with Gasteiger partial charge in [-0.15, -0.1) is 0 Å². The fourth-order valence-electron chi connectivity index (χ4n) is 3.96. The van der Waals surface area contributed by atoms with Crippen LogP contribution in [0.15, 0.2) is 54.7 Å². The van der Waals surface area contributed by atoms with Gasteiger partial charge in [-0.25, -0.2) is 9.37 Å². The second-order valence-corrected chi connectivity index (χ2v) is 7.70. The maximum atomic E-state index is 13.6. The third-order valence-electron chi connectivity index (χ3n) is 5.50. The number of anilines is 2. The summed E-state index contributed by atoms with van der Waals surface area (Å²) < 4.78 is 52.7. The van der Waals surface area contributed by atoms with Crippen molar-refractivity contribution in [3.05, 3.63) is 88.4 Å². The van der Waals surface area contributed by atoms with E-state index < -0.39 is 17.6 Å². The fraction of sp³-hybridized carbons (Fsp3) is 0.250. The molecule has 4 rings (SSSR count). The molecule has 1 amide bonds. The first-order chi connectivity index (χ1) is 15.8. The average Bonchev–Trinajstić information content (AvgIpc) is 3.27. The van der Waals surface area contributed by atoms with Crippen LogP contribution in [0, 0.1) is 5.82 Å². The number of nitrogens with zero attached hydrogens (tertiary/aromatic N) is 2. The monoisotopic (exact) mass is 459 g/mol. The third-order valence-corrected chi connectivity index (χ3v) is 5.50. The summed E-state index contributed by atoms with van der Waals surface area (Å²) in [7, 11) is 0. The van der Waals surface area contributed by atoms with Crippen molar-refractivity contribution in [2.24, 2.45) is 0 Å². The molecule has 0 aliphatic carbocycles. The summed E-state index contributed by atoms with van der Waals surface area (Å²) >= 11 is 0. The minimum absolute atomic E-state index is 0.00114. The van der Waals surface area contributed by atoms with Gasteiger partial charge in [-0.3, -0.25) is 9.69 Å². The van der Waals surface area contributed by atoms with E-state index >= 15 is 0 Å². The molecule has 0 fully saturated rings. The maximum absolute atomic E-state index is 13.6. The zero-order valence-corrected chi connectivity index (χ0v) is 17.5. The predicted octanol–water partition coefficient (Wildman–Crippen LogP) is 4.44. The van der Waals surface area contributed by atoms with Crippen LogP contribution in [0.1, 0.15) is 32.6 Å². The second-order valence-electron chi connectivity index (χ2n) is 7.70. The molecule has 5 nitrogen and oxygen atoms in total. The lowest BCUT2D eigenvalue weighted by atomic mass is 10.0. The molecule has 1 aliphatic heterocycles. The maximum Gasteiger partial charge on any atom is 0.419 e. The van der Waals surface area contributed by atoms with Crippen LogP contribution in [-0.4, -0.2) is 35.7 Å². The van der Waals surface area contributed by atoms with Gasteiger partial charge in [0.25, 0.3) is 5.91 Å². The smallest absolute Gasteiger partial charge is 0.395 e. The molecule has 0 unspecified atom stereocenters. The highest BCUT2D eigenvalue weighted by Crippen LogP contribution is 2.32. The molecule has 3 aromatic rings. The Hall–Kier alpha value is -3.46. The Bertz CT molecular complexity index is 1180. The Balaban J connectivity index is 1.63. The summed E-state index contributed by atoms with van der Waals surface area (Å²) in [5, 5.41) is 12.8. The van der Waals surface area contributed by atoms with Crippen LogP contribution in [0.5, 0.6) is 0 Å². The van der Waals surface area contributed by atoms with E-state index in [0.717, 1.165) is 29.9 Å². The van der Waals surface area contributed by atoms with Crippen LogP contribution in [0.4, 0.5) is 29.1 Å². The van der Waals surface area contributed by atoms with Gasteiger partial charge in [0.1, 0.15) is 11.6 Å². The van der Waals surface area contributed by atoms with E-state index in [1.54, 1.807) is 24.3 Å². The van der Waals surface area contributed by atoms with E-state index in [9.17, 15) is 27.5 Å². The number of nitrogens with one attached hydrogen (secondary N) is 1. The summed E-state index contributed by atoms with van der Waals surface area (Å²) in [6.07, 6.45) is -2.55. The predicted molar refractivity (Wildman–Crippen MR) is 116 cm³/mol. The van der Waals surface area contributed by atoms with Crippen LogP contribution >= 0.6 is 0 Å². The van der Waals surface area contributed by atoms with Crippen LogP contribution in [-0.2, 0) is 19.0 Å². The number of aliphatic hydroxyl groups is 1. The molecule has 1 aromatic heterocycles. The number of amides is 1. The minimum Gasteiger partial charge on any atom is -0.395 e. The summed E-state index contributed by atoms with van der Waals surface area (Å²) in [4.78, 5) is 18.9. The SMILES string of the molecule is O=C(c1cccc2c1CCN2)N(CCO)c1cc(Cc2ccc(F)c(C(F)(F)F)c2)ccn1. The van der Waals surface area contributed by atoms with Gasteiger partial charge < -0.3 is 10.4 Å². The van der Waals surface area contributed by atoms with E-state index in [0.29, 0.717) is 17.5 Å². The molecule has 172 valence electrons. The number of aromatic nitrogens is 1. The van der Waals surface area contributed by atoms with Gasteiger partial charge >= 0.3 is 6.18 Å². The Morgan fingerprint density at radius 2 is 1.91 bits per heavy atom. The molecule has 0 bridgehead atoms. The van der Waals surface area contributed by atoms with E-state index in [-0.39, 0.29) is 36.9 Å². The lowest BCUT2D eigenvalue weighted by Crippen LogP contribution is -2.34. The zero-order chi connectivity index (χ0) is 23.6. The number of aliphatic hydroxyl groups excluding tert-OH is 1. The second kappa shape index (κ2) is 9.19. The highest BCUT2D eigenvalue weighted by Gasteiger charge is 2.34. The Labute approximate surface area is 187 Å². The van der Waals surface area contributed by atoms with Crippen molar-refractivity contribution in [2.75, 3.05) is 29.9 Å². The van der Waals surface area contributed by atoms with Crippen LogP contribution in [0.25, 0.3) is 0 Å². The highest BCUT2D eigenvalue weighted by molar-refractivity contribution is 6.07. The lowest BCUT2D eigenvalue weighted by molar-refractivity contribution is -0.140. The number of alkyl halides is 3. The zero-order valence-electron chi connectivity index (χ0n) is 17.5. The van der Waals surface area contributed by atoms with Gasteiger partial charge in [-0.1, -0.05) is 12.1 Å². The Morgan fingerprint density at radius 3 is 2.67 bits per heavy atom. The number of pyridine rings is 1. The van der Waals surface area contributed by atoms with Crippen LogP contribution < -0.4 is 10.2 Å². The molecule has 2 aromatic carbocycles. The summed E-state index contributed by atoms with van der Waals surface area (Å²) in [6, 6.07) is 11.5. The molecule has 2 heterocycles. The minimum atomic E-state index is -4.79. The number of rotatable bonds is 6. The topological polar surface area (TPSA) is 65.5 Å². The molecule has 0 atom stereocenters. The van der Waals surface area contributed by atoms with Gasteiger partial charge in [0, 0.05) is 24.0 Å². The number of carbonyl (C=O) groups excluding carboxylic acids is 1. The van der Waals surface area contributed by atoms with Gasteiger partial charge in [0.2, 0.25) is 0 Å². The molecular weight excluding hydrogens is 438 g/mol. The van der Waals surface area contributed by atoms with Gasteiger partial charge in [0.05, 0.1) is 18.7 Å². The summed E-state index contributed by atoms with van der Waals surface area (Å²) in [5.41, 5.74) is 1.84. The van der Waals surface area contributed by atoms with Crippen molar-refractivity contribution in [3.63, 3.8) is 0 Å². The quantitative estimate of drug-likeness (QED) is 0.535. The highest BCUT2D eigenvalue weighted by atomic mass is 19.4. The Morgan fingerprint density at radius 1 is 1.12 bits per heavy atom. The van der Waals surface area contributed by atoms with E-state index in [4.69, 9.17) is 0 Å². The lowest BCUT2D eigenvalue weighted by Gasteiger charge is -2.22. The van der Waals surface area contributed by atoms with Crippen molar-refractivity contribution in [1.82, 2.24) is 4.98 Å². The molecule has 0 saturated carbocycles. The fourth-order valence-corrected chi connectivity index (χ4v) is 3.96. The largest absolute Gasteiger partial charge is 0.419 e. The Kier molecular flexibility index (Phi) is 6.33. The number of hydrogen-bond donors (Lipinski definition) is 2. The normalized spacial score (nSPS) is 12.9. The van der Waals surface area contributed by atoms with Crippen molar-refractivity contribution < 1.29 is 27.5 Å². The number of halogens is 4. The first-order valence-electron chi connectivity index (χ1n) is 10.4. The molecular formula is C24H21F4N3O2. The van der Waals surface area contributed by atoms with Crippen LogP contribution in [0.2, 0.25) is 0 Å². The number of carbonyl (C=O) groups is 1. The molecule has 0 spiro atoms.